The van der Waals surface area contributed by atoms with Crippen LogP contribution in [0.1, 0.15) is 54.9 Å². The zero-order valence-electron chi connectivity index (χ0n) is 14.2. The fourth-order valence-electron chi connectivity index (χ4n) is 3.33. The van der Waals surface area contributed by atoms with Crippen molar-refractivity contribution in [2.24, 2.45) is 11.7 Å². The third kappa shape index (κ3) is 2.72. The Morgan fingerprint density at radius 1 is 1.52 bits per heavy atom. The van der Waals surface area contributed by atoms with Gasteiger partial charge in [-0.05, 0) is 44.7 Å². The van der Waals surface area contributed by atoms with E-state index < -0.39 is 0 Å². The zero-order valence-corrected chi connectivity index (χ0v) is 14.2. The van der Waals surface area contributed by atoms with Gasteiger partial charge in [-0.25, -0.2) is 4.98 Å². The lowest BCUT2D eigenvalue weighted by Gasteiger charge is -2.22. The average molecular weight is 316 g/mol. The molecule has 2 unspecified atom stereocenters. The number of aryl methyl sites for hydroxylation is 1. The molecule has 2 aromatic heterocycles. The Bertz CT molecular complexity index is 738. The van der Waals surface area contributed by atoms with Gasteiger partial charge in [-0.3, -0.25) is 4.79 Å². The predicted octanol–water partition coefficient (Wildman–Crippen LogP) is 2.46. The van der Waals surface area contributed by atoms with Gasteiger partial charge in [0.05, 0.1) is 16.6 Å². The minimum absolute atomic E-state index is 0.0223. The molecule has 1 amide bonds. The minimum Gasteiger partial charge on any atom is -0.336 e. The Labute approximate surface area is 136 Å². The molecule has 0 saturated carbocycles. The van der Waals surface area contributed by atoms with Gasteiger partial charge in [-0.1, -0.05) is 19.0 Å². The number of rotatable bonds is 3. The maximum Gasteiger partial charge on any atom is 0.259 e. The van der Waals surface area contributed by atoms with E-state index in [9.17, 15) is 4.79 Å². The van der Waals surface area contributed by atoms with Gasteiger partial charge < -0.3 is 15.2 Å². The van der Waals surface area contributed by atoms with Gasteiger partial charge in [0.15, 0.2) is 0 Å². The third-order valence-electron chi connectivity index (χ3n) is 4.71. The van der Waals surface area contributed by atoms with E-state index in [0.717, 1.165) is 17.5 Å². The fraction of sp³-hybridized carbons (Fsp3) is 0.588. The first-order valence-corrected chi connectivity index (χ1v) is 8.20. The number of hydrogen-bond acceptors (Lipinski definition) is 5. The van der Waals surface area contributed by atoms with Crippen molar-refractivity contribution < 1.29 is 9.32 Å². The molecular formula is C17H24N4O2. The Hall–Kier alpha value is -1.95. The van der Waals surface area contributed by atoms with Crippen LogP contribution in [0.5, 0.6) is 0 Å². The number of likely N-dealkylation sites (tertiary alicyclic amines) is 1. The Morgan fingerprint density at radius 3 is 2.87 bits per heavy atom. The standard InChI is InChI=1S/C17H24N4O2/c1-9(2)14-6-13(15-11(4)20-23-16(15)19-14)17(22)21-8-12(7-18)5-10(21)3/h6,9-10,12H,5,7-8,18H2,1-4H3. The van der Waals surface area contributed by atoms with Crippen LogP contribution in [0.4, 0.5) is 0 Å². The molecule has 2 aromatic rings. The van der Waals surface area contributed by atoms with Crippen LogP contribution in [0.15, 0.2) is 10.6 Å². The summed E-state index contributed by atoms with van der Waals surface area (Å²) < 4.78 is 5.31. The summed E-state index contributed by atoms with van der Waals surface area (Å²) in [5.41, 5.74) is 8.42. The van der Waals surface area contributed by atoms with Gasteiger partial charge in [0, 0.05) is 18.3 Å². The van der Waals surface area contributed by atoms with Crippen LogP contribution < -0.4 is 5.73 Å². The number of carbonyl (C=O) groups excluding carboxylic acids is 1. The molecule has 3 heterocycles. The van der Waals surface area contributed by atoms with Gasteiger partial charge in [-0.2, -0.15) is 0 Å². The van der Waals surface area contributed by atoms with Crippen molar-refractivity contribution in [3.63, 3.8) is 0 Å². The lowest BCUT2D eigenvalue weighted by molar-refractivity contribution is 0.0745. The lowest BCUT2D eigenvalue weighted by Crippen LogP contribution is -2.34. The Kier molecular flexibility index (Phi) is 4.10. The van der Waals surface area contributed by atoms with E-state index in [4.69, 9.17) is 10.3 Å². The van der Waals surface area contributed by atoms with Gasteiger partial charge >= 0.3 is 0 Å². The highest BCUT2D eigenvalue weighted by atomic mass is 16.5. The minimum atomic E-state index is 0.0223. The van der Waals surface area contributed by atoms with Crippen molar-refractivity contribution in [1.82, 2.24) is 15.0 Å². The van der Waals surface area contributed by atoms with Crippen molar-refractivity contribution in [3.05, 3.63) is 23.0 Å². The van der Waals surface area contributed by atoms with Crippen LogP contribution in [0.2, 0.25) is 0 Å². The van der Waals surface area contributed by atoms with Crippen LogP contribution in [0.3, 0.4) is 0 Å². The number of nitrogens with zero attached hydrogens (tertiary/aromatic N) is 3. The van der Waals surface area contributed by atoms with E-state index in [1.165, 1.54) is 0 Å². The summed E-state index contributed by atoms with van der Waals surface area (Å²) in [4.78, 5) is 19.6. The summed E-state index contributed by atoms with van der Waals surface area (Å²) in [5.74, 6) is 0.609. The summed E-state index contributed by atoms with van der Waals surface area (Å²) in [6, 6.07) is 2.09. The Balaban J connectivity index is 2.07. The van der Waals surface area contributed by atoms with Crippen molar-refractivity contribution in [1.29, 1.82) is 0 Å². The topological polar surface area (TPSA) is 85.2 Å². The van der Waals surface area contributed by atoms with E-state index in [1.807, 2.05) is 17.9 Å². The fourth-order valence-corrected chi connectivity index (χ4v) is 3.33. The van der Waals surface area contributed by atoms with E-state index in [-0.39, 0.29) is 17.9 Å². The molecule has 6 nitrogen and oxygen atoms in total. The average Bonchev–Trinajstić information content (AvgIpc) is 3.09. The largest absolute Gasteiger partial charge is 0.336 e. The highest BCUT2D eigenvalue weighted by Gasteiger charge is 2.33. The molecule has 1 aliphatic rings. The lowest BCUT2D eigenvalue weighted by atomic mass is 10.0. The number of fused-ring (bicyclic) bond motifs is 1. The Morgan fingerprint density at radius 2 is 2.26 bits per heavy atom. The van der Waals surface area contributed by atoms with E-state index in [0.29, 0.717) is 36.0 Å². The molecule has 0 aromatic carbocycles. The maximum absolute atomic E-state index is 13.1. The van der Waals surface area contributed by atoms with Crippen molar-refractivity contribution in [2.75, 3.05) is 13.1 Å². The number of hydrogen-bond donors (Lipinski definition) is 1. The molecular weight excluding hydrogens is 292 g/mol. The molecule has 2 atom stereocenters. The van der Waals surface area contributed by atoms with Crippen molar-refractivity contribution in [2.45, 2.75) is 46.1 Å². The number of carbonyl (C=O) groups is 1. The van der Waals surface area contributed by atoms with Gasteiger partial charge in [0.1, 0.15) is 0 Å². The first-order chi connectivity index (χ1) is 10.9. The zero-order chi connectivity index (χ0) is 16.7. The first kappa shape index (κ1) is 15.9. The summed E-state index contributed by atoms with van der Waals surface area (Å²) in [5, 5.41) is 4.71. The van der Waals surface area contributed by atoms with Gasteiger partial charge in [0.2, 0.25) is 0 Å². The van der Waals surface area contributed by atoms with Crippen molar-refractivity contribution >= 4 is 17.0 Å². The number of nitrogens with two attached hydrogens (primary N) is 1. The van der Waals surface area contributed by atoms with E-state index in [1.54, 1.807) is 0 Å². The van der Waals surface area contributed by atoms with Crippen LogP contribution in [-0.2, 0) is 0 Å². The molecule has 0 bridgehead atoms. The molecule has 3 rings (SSSR count). The second-order valence-corrected chi connectivity index (χ2v) is 6.84. The second kappa shape index (κ2) is 5.92. The monoisotopic (exact) mass is 316 g/mol. The van der Waals surface area contributed by atoms with E-state index >= 15 is 0 Å². The highest BCUT2D eigenvalue weighted by molar-refractivity contribution is 6.06. The SMILES string of the molecule is Cc1noc2nc(C(C)C)cc(C(=O)N3CC(CN)CC3C)c12. The second-order valence-electron chi connectivity index (χ2n) is 6.84. The molecule has 1 saturated heterocycles. The van der Waals surface area contributed by atoms with Crippen LogP contribution >= 0.6 is 0 Å². The number of amides is 1. The molecule has 1 fully saturated rings. The molecule has 6 heteroatoms. The van der Waals surface area contributed by atoms with Crippen LogP contribution in [-0.4, -0.2) is 40.1 Å². The molecule has 0 spiro atoms. The molecule has 0 aliphatic carbocycles. The predicted molar refractivity (Wildman–Crippen MR) is 88.3 cm³/mol. The molecule has 124 valence electrons. The summed E-state index contributed by atoms with van der Waals surface area (Å²) in [6.07, 6.45) is 0.954. The number of pyridine rings is 1. The summed E-state index contributed by atoms with van der Waals surface area (Å²) in [6.45, 7) is 9.35. The molecule has 2 N–H and O–H groups in total. The normalized spacial score (nSPS) is 21.6. The number of aromatic nitrogens is 2. The summed E-state index contributed by atoms with van der Waals surface area (Å²) >= 11 is 0. The first-order valence-electron chi connectivity index (χ1n) is 8.20. The maximum atomic E-state index is 13.1. The third-order valence-corrected chi connectivity index (χ3v) is 4.71. The molecule has 1 aliphatic heterocycles. The molecule has 23 heavy (non-hydrogen) atoms. The summed E-state index contributed by atoms with van der Waals surface area (Å²) in [7, 11) is 0. The van der Waals surface area contributed by atoms with Crippen LogP contribution in [0, 0.1) is 12.8 Å². The molecule has 0 radical (unpaired) electrons. The van der Waals surface area contributed by atoms with Crippen molar-refractivity contribution in [3.8, 4) is 0 Å². The smallest absolute Gasteiger partial charge is 0.259 e. The highest BCUT2D eigenvalue weighted by Crippen LogP contribution is 2.29. The van der Waals surface area contributed by atoms with Gasteiger partial charge in [0.25, 0.3) is 11.6 Å². The quantitative estimate of drug-likeness (QED) is 0.940. The van der Waals surface area contributed by atoms with E-state index in [2.05, 4.69) is 30.9 Å². The van der Waals surface area contributed by atoms with Crippen LogP contribution in [0.25, 0.3) is 11.1 Å². The van der Waals surface area contributed by atoms with Gasteiger partial charge in [-0.15, -0.1) is 0 Å².